The lowest BCUT2D eigenvalue weighted by molar-refractivity contribution is 0.0261. The Hall–Kier alpha value is -0.340. The standard InChI is InChI=1S/C10H18O2/c1-5-10(4,11)9-8(12-9)6-7(2)3/h6,8-9,11H,5H2,1-4H3. The second-order valence-corrected chi connectivity index (χ2v) is 3.98. The third-order valence-electron chi connectivity index (χ3n) is 2.35. The van der Waals surface area contributed by atoms with Crippen LogP contribution in [0.3, 0.4) is 0 Å². The van der Waals surface area contributed by atoms with E-state index < -0.39 is 5.60 Å². The van der Waals surface area contributed by atoms with Crippen LogP contribution in [0.15, 0.2) is 11.6 Å². The molecular weight excluding hydrogens is 152 g/mol. The first-order chi connectivity index (χ1) is 5.47. The molecule has 1 aliphatic heterocycles. The van der Waals surface area contributed by atoms with E-state index in [-0.39, 0.29) is 12.2 Å². The van der Waals surface area contributed by atoms with Gasteiger partial charge in [0.25, 0.3) is 0 Å². The predicted octanol–water partition coefficient (Wildman–Crippen LogP) is 1.88. The summed E-state index contributed by atoms with van der Waals surface area (Å²) in [5.41, 5.74) is 0.589. The predicted molar refractivity (Wildman–Crippen MR) is 49.0 cm³/mol. The highest BCUT2D eigenvalue weighted by molar-refractivity contribution is 5.12. The van der Waals surface area contributed by atoms with Crippen molar-refractivity contribution in [2.45, 2.75) is 51.9 Å². The van der Waals surface area contributed by atoms with Crippen LogP contribution in [0.25, 0.3) is 0 Å². The first-order valence-electron chi connectivity index (χ1n) is 4.50. The number of ether oxygens (including phenoxy) is 1. The van der Waals surface area contributed by atoms with Gasteiger partial charge in [-0.05, 0) is 27.2 Å². The molecule has 70 valence electrons. The molecule has 1 heterocycles. The fourth-order valence-electron chi connectivity index (χ4n) is 1.28. The molecule has 0 saturated carbocycles. The van der Waals surface area contributed by atoms with E-state index in [1.165, 1.54) is 5.57 Å². The monoisotopic (exact) mass is 170 g/mol. The van der Waals surface area contributed by atoms with Crippen LogP contribution in [0.5, 0.6) is 0 Å². The molecule has 1 fully saturated rings. The largest absolute Gasteiger partial charge is 0.387 e. The lowest BCUT2D eigenvalue weighted by Gasteiger charge is -2.17. The third-order valence-corrected chi connectivity index (χ3v) is 2.35. The Labute approximate surface area is 74.2 Å². The normalized spacial score (nSPS) is 32.4. The summed E-state index contributed by atoms with van der Waals surface area (Å²) in [6.45, 7) is 7.89. The second-order valence-electron chi connectivity index (χ2n) is 3.98. The zero-order valence-corrected chi connectivity index (χ0v) is 8.29. The molecule has 0 aliphatic carbocycles. The topological polar surface area (TPSA) is 32.8 Å². The Morgan fingerprint density at radius 3 is 2.58 bits per heavy atom. The molecule has 1 saturated heterocycles. The zero-order valence-electron chi connectivity index (χ0n) is 8.29. The van der Waals surface area contributed by atoms with E-state index in [2.05, 4.69) is 6.08 Å². The molecule has 3 atom stereocenters. The Morgan fingerprint density at radius 1 is 1.58 bits per heavy atom. The van der Waals surface area contributed by atoms with Crippen LogP contribution in [-0.2, 0) is 4.74 Å². The van der Waals surface area contributed by atoms with Crippen molar-refractivity contribution >= 4 is 0 Å². The molecule has 0 aromatic rings. The molecule has 12 heavy (non-hydrogen) atoms. The van der Waals surface area contributed by atoms with Crippen molar-refractivity contribution < 1.29 is 9.84 Å². The van der Waals surface area contributed by atoms with Gasteiger partial charge in [-0.2, -0.15) is 0 Å². The van der Waals surface area contributed by atoms with Crippen LogP contribution in [0, 0.1) is 0 Å². The van der Waals surface area contributed by atoms with Gasteiger partial charge >= 0.3 is 0 Å². The lowest BCUT2D eigenvalue weighted by Crippen LogP contribution is -2.31. The van der Waals surface area contributed by atoms with Gasteiger partial charge in [-0.25, -0.2) is 0 Å². The highest BCUT2D eigenvalue weighted by atomic mass is 16.6. The van der Waals surface area contributed by atoms with Gasteiger partial charge < -0.3 is 9.84 Å². The third kappa shape index (κ3) is 2.08. The van der Waals surface area contributed by atoms with Crippen molar-refractivity contribution in [3.8, 4) is 0 Å². The van der Waals surface area contributed by atoms with Crippen LogP contribution in [0.2, 0.25) is 0 Å². The highest BCUT2D eigenvalue weighted by Crippen LogP contribution is 2.35. The Morgan fingerprint density at radius 2 is 2.17 bits per heavy atom. The van der Waals surface area contributed by atoms with E-state index in [0.717, 1.165) is 6.42 Å². The maximum atomic E-state index is 9.79. The molecule has 0 aromatic heterocycles. The summed E-state index contributed by atoms with van der Waals surface area (Å²) in [6, 6.07) is 0. The fraction of sp³-hybridized carbons (Fsp3) is 0.800. The summed E-state index contributed by atoms with van der Waals surface area (Å²) >= 11 is 0. The van der Waals surface area contributed by atoms with Gasteiger partial charge in [0, 0.05) is 0 Å². The maximum Gasteiger partial charge on any atom is 0.116 e. The van der Waals surface area contributed by atoms with E-state index >= 15 is 0 Å². The summed E-state index contributed by atoms with van der Waals surface area (Å²) in [7, 11) is 0. The van der Waals surface area contributed by atoms with Gasteiger partial charge in [-0.1, -0.05) is 18.6 Å². The van der Waals surface area contributed by atoms with Gasteiger partial charge in [0.1, 0.15) is 12.2 Å². The van der Waals surface area contributed by atoms with Crippen molar-refractivity contribution in [1.29, 1.82) is 0 Å². The summed E-state index contributed by atoms with van der Waals surface area (Å²) in [5.74, 6) is 0. The van der Waals surface area contributed by atoms with E-state index in [0.29, 0.717) is 0 Å². The highest BCUT2D eigenvalue weighted by Gasteiger charge is 2.48. The summed E-state index contributed by atoms with van der Waals surface area (Å²) in [5, 5.41) is 9.79. The zero-order chi connectivity index (χ0) is 9.35. The van der Waals surface area contributed by atoms with E-state index in [1.54, 1.807) is 0 Å². The first kappa shape index (κ1) is 9.75. The molecule has 1 rings (SSSR count). The Bertz CT molecular complexity index is 190. The van der Waals surface area contributed by atoms with Crippen molar-refractivity contribution in [1.82, 2.24) is 0 Å². The summed E-state index contributed by atoms with van der Waals surface area (Å²) in [4.78, 5) is 0. The molecule has 0 spiro atoms. The molecule has 2 heteroatoms. The van der Waals surface area contributed by atoms with Crippen molar-refractivity contribution in [3.63, 3.8) is 0 Å². The van der Waals surface area contributed by atoms with Crippen LogP contribution in [-0.4, -0.2) is 22.9 Å². The quantitative estimate of drug-likeness (QED) is 0.518. The van der Waals surface area contributed by atoms with Gasteiger partial charge in [0.15, 0.2) is 0 Å². The first-order valence-corrected chi connectivity index (χ1v) is 4.50. The number of hydrogen-bond donors (Lipinski definition) is 1. The van der Waals surface area contributed by atoms with E-state index in [9.17, 15) is 5.11 Å². The molecule has 1 aliphatic rings. The SMILES string of the molecule is CCC(C)(O)C1OC1C=C(C)C. The van der Waals surface area contributed by atoms with Gasteiger partial charge in [-0.15, -0.1) is 0 Å². The summed E-state index contributed by atoms with van der Waals surface area (Å²) in [6.07, 6.45) is 2.96. The van der Waals surface area contributed by atoms with Crippen LogP contribution >= 0.6 is 0 Å². The minimum Gasteiger partial charge on any atom is -0.387 e. The van der Waals surface area contributed by atoms with Crippen molar-refractivity contribution in [2.24, 2.45) is 0 Å². The minimum absolute atomic E-state index is 0.0115. The molecular formula is C10H18O2. The second kappa shape index (κ2) is 3.19. The lowest BCUT2D eigenvalue weighted by atomic mass is 9.96. The fourth-order valence-corrected chi connectivity index (χ4v) is 1.28. The number of rotatable bonds is 3. The molecule has 0 aromatic carbocycles. The maximum absolute atomic E-state index is 9.79. The smallest absolute Gasteiger partial charge is 0.116 e. The molecule has 0 radical (unpaired) electrons. The molecule has 1 N–H and O–H groups in total. The molecule has 3 unspecified atom stereocenters. The van der Waals surface area contributed by atoms with Crippen LogP contribution < -0.4 is 0 Å². The van der Waals surface area contributed by atoms with Crippen molar-refractivity contribution in [2.75, 3.05) is 0 Å². The Kier molecular flexibility index (Phi) is 2.59. The number of allylic oxidation sites excluding steroid dienone is 1. The van der Waals surface area contributed by atoms with Gasteiger partial charge in [0.2, 0.25) is 0 Å². The van der Waals surface area contributed by atoms with Gasteiger partial charge in [0.05, 0.1) is 5.60 Å². The number of aliphatic hydroxyl groups is 1. The van der Waals surface area contributed by atoms with Gasteiger partial charge in [-0.3, -0.25) is 0 Å². The Balaban J connectivity index is 2.47. The van der Waals surface area contributed by atoms with Crippen LogP contribution in [0.4, 0.5) is 0 Å². The van der Waals surface area contributed by atoms with E-state index in [4.69, 9.17) is 4.74 Å². The van der Waals surface area contributed by atoms with Crippen LogP contribution in [0.1, 0.15) is 34.1 Å². The molecule has 0 bridgehead atoms. The average Bonchev–Trinajstić information content (AvgIpc) is 2.67. The van der Waals surface area contributed by atoms with Crippen molar-refractivity contribution in [3.05, 3.63) is 11.6 Å². The summed E-state index contributed by atoms with van der Waals surface area (Å²) < 4.78 is 5.36. The number of hydrogen-bond acceptors (Lipinski definition) is 2. The number of epoxide rings is 1. The molecule has 0 amide bonds. The molecule has 2 nitrogen and oxygen atoms in total. The minimum atomic E-state index is -0.656. The average molecular weight is 170 g/mol. The van der Waals surface area contributed by atoms with E-state index in [1.807, 2.05) is 27.7 Å².